The number of amides is 2. The molecule has 228 valence electrons. The Morgan fingerprint density at radius 2 is 1.86 bits per heavy atom. The number of benzene rings is 2. The third kappa shape index (κ3) is 5.83. The zero-order valence-electron chi connectivity index (χ0n) is 25.7. The van der Waals surface area contributed by atoms with Crippen molar-refractivity contribution in [1.82, 2.24) is 4.90 Å². The van der Waals surface area contributed by atoms with Crippen LogP contribution in [-0.4, -0.2) is 76.0 Å². The van der Waals surface area contributed by atoms with Crippen molar-refractivity contribution < 1.29 is 28.9 Å². The monoisotopic (exact) mass is 594 g/mol. The second kappa shape index (κ2) is 12.8. The number of ether oxygens (including phenoxy) is 3. The Bertz CT molecular complexity index is 1270. The summed E-state index contributed by atoms with van der Waals surface area (Å²) < 4.78 is 18.5. The highest BCUT2D eigenvalue weighted by Crippen LogP contribution is 2.48. The predicted molar refractivity (Wildman–Crippen MR) is 166 cm³/mol. The number of piperidine rings is 1. The van der Waals surface area contributed by atoms with E-state index in [1.165, 1.54) is 5.19 Å². The standard InChI is InChI=1S/C33H46N2O6Si/c1-22-32(40-3)27-19-23(34-17-7-6-10-30(34)37)11-16-28(27)41-33(22)29(20-31(38)35-18-8-9-24(35)21-36)42(4,5)26-14-12-25(39-2)13-15-26/h11-16,19,22,24,29,32-33,36H,6-10,17-18,20-21H2,1-5H3/t22-,24-,29?,32-,33-/m0/s1. The molecule has 1 unspecified atom stereocenters. The Labute approximate surface area is 250 Å². The highest BCUT2D eigenvalue weighted by Gasteiger charge is 2.49. The molecule has 3 heterocycles. The summed E-state index contributed by atoms with van der Waals surface area (Å²) in [4.78, 5) is 30.3. The van der Waals surface area contributed by atoms with Crippen LogP contribution in [0.4, 0.5) is 5.69 Å². The Balaban J connectivity index is 1.51. The number of methoxy groups -OCH3 is 2. The van der Waals surface area contributed by atoms with E-state index < -0.39 is 8.07 Å². The molecule has 3 aliphatic rings. The van der Waals surface area contributed by atoms with Crippen molar-refractivity contribution in [3.63, 3.8) is 0 Å². The summed E-state index contributed by atoms with van der Waals surface area (Å²) in [6, 6.07) is 14.1. The second-order valence-corrected chi connectivity index (χ2v) is 17.4. The number of hydrogen-bond donors (Lipinski definition) is 1. The van der Waals surface area contributed by atoms with E-state index in [9.17, 15) is 14.7 Å². The van der Waals surface area contributed by atoms with Gasteiger partial charge in [0, 0.05) is 55.8 Å². The van der Waals surface area contributed by atoms with Gasteiger partial charge in [-0.05, 0) is 56.0 Å². The molecule has 0 spiro atoms. The maximum atomic E-state index is 13.9. The van der Waals surface area contributed by atoms with Crippen LogP contribution >= 0.6 is 0 Å². The molecule has 0 radical (unpaired) electrons. The van der Waals surface area contributed by atoms with Crippen LogP contribution in [0.3, 0.4) is 0 Å². The maximum Gasteiger partial charge on any atom is 0.226 e. The van der Waals surface area contributed by atoms with Crippen LogP contribution in [0.5, 0.6) is 11.5 Å². The molecule has 2 fully saturated rings. The smallest absolute Gasteiger partial charge is 0.226 e. The molecule has 3 aliphatic heterocycles. The van der Waals surface area contributed by atoms with Crippen LogP contribution in [0.2, 0.25) is 18.6 Å². The van der Waals surface area contributed by atoms with Crippen LogP contribution in [0.15, 0.2) is 42.5 Å². The van der Waals surface area contributed by atoms with Gasteiger partial charge in [-0.3, -0.25) is 9.59 Å². The van der Waals surface area contributed by atoms with E-state index in [4.69, 9.17) is 14.2 Å². The van der Waals surface area contributed by atoms with E-state index in [1.54, 1.807) is 14.2 Å². The summed E-state index contributed by atoms with van der Waals surface area (Å²) in [6.07, 6.45) is 4.12. The zero-order chi connectivity index (χ0) is 30.0. The molecule has 2 aromatic rings. The first-order chi connectivity index (χ1) is 20.2. The van der Waals surface area contributed by atoms with Crippen LogP contribution in [0.25, 0.3) is 0 Å². The number of anilines is 1. The number of aliphatic hydroxyl groups is 1. The first-order valence-electron chi connectivity index (χ1n) is 15.4. The van der Waals surface area contributed by atoms with Crippen LogP contribution in [0, 0.1) is 5.92 Å². The maximum absolute atomic E-state index is 13.9. The molecule has 42 heavy (non-hydrogen) atoms. The van der Waals surface area contributed by atoms with E-state index in [2.05, 4.69) is 38.2 Å². The first-order valence-corrected chi connectivity index (χ1v) is 18.5. The number of fused-ring (bicyclic) bond motifs is 1. The largest absolute Gasteiger partial charge is 0.497 e. The van der Waals surface area contributed by atoms with Gasteiger partial charge >= 0.3 is 0 Å². The second-order valence-electron chi connectivity index (χ2n) is 12.6. The molecule has 5 rings (SSSR count). The zero-order valence-corrected chi connectivity index (χ0v) is 26.7. The molecule has 0 aliphatic carbocycles. The predicted octanol–water partition coefficient (Wildman–Crippen LogP) is 4.66. The van der Waals surface area contributed by atoms with E-state index >= 15 is 0 Å². The van der Waals surface area contributed by atoms with E-state index in [-0.39, 0.29) is 48.1 Å². The molecule has 2 aromatic carbocycles. The van der Waals surface area contributed by atoms with Crippen molar-refractivity contribution in [2.24, 2.45) is 5.92 Å². The van der Waals surface area contributed by atoms with Gasteiger partial charge in [-0.25, -0.2) is 0 Å². The van der Waals surface area contributed by atoms with Gasteiger partial charge in [0.2, 0.25) is 11.8 Å². The number of carbonyl (C=O) groups is 2. The molecule has 1 N–H and O–H groups in total. The average molecular weight is 595 g/mol. The van der Waals surface area contributed by atoms with Gasteiger partial charge in [-0.1, -0.05) is 37.3 Å². The number of likely N-dealkylation sites (tertiary alicyclic amines) is 1. The lowest BCUT2D eigenvalue weighted by molar-refractivity contribution is -0.133. The Kier molecular flexibility index (Phi) is 9.30. The molecular formula is C33H46N2O6Si. The third-order valence-electron chi connectivity index (χ3n) is 9.91. The molecule has 0 saturated carbocycles. The fourth-order valence-corrected chi connectivity index (χ4v) is 10.6. The number of carbonyl (C=O) groups excluding carboxylic acids is 2. The van der Waals surface area contributed by atoms with E-state index in [1.807, 2.05) is 34.1 Å². The number of rotatable bonds is 9. The first kappa shape index (κ1) is 30.6. The fraction of sp³-hybridized carbons (Fsp3) is 0.576. The molecule has 8 nitrogen and oxygen atoms in total. The van der Waals surface area contributed by atoms with Crippen molar-refractivity contribution in [2.75, 3.05) is 38.8 Å². The lowest BCUT2D eigenvalue weighted by Gasteiger charge is -2.46. The summed E-state index contributed by atoms with van der Waals surface area (Å²) in [5.41, 5.74) is 1.78. The minimum Gasteiger partial charge on any atom is -0.497 e. The Morgan fingerprint density at radius 3 is 2.52 bits per heavy atom. The topological polar surface area (TPSA) is 88.5 Å². The summed E-state index contributed by atoms with van der Waals surface area (Å²) >= 11 is 0. The summed E-state index contributed by atoms with van der Waals surface area (Å²) in [7, 11) is 1.07. The minimum absolute atomic E-state index is 0.00693. The van der Waals surface area contributed by atoms with Gasteiger partial charge in [-0.15, -0.1) is 0 Å². The number of aliphatic hydroxyl groups excluding tert-OH is 1. The third-order valence-corrected chi connectivity index (χ3v) is 14.1. The van der Waals surface area contributed by atoms with Crippen LogP contribution in [0.1, 0.15) is 57.1 Å². The molecule has 5 atom stereocenters. The van der Waals surface area contributed by atoms with Crippen molar-refractivity contribution in [2.45, 2.75) is 82.3 Å². The van der Waals surface area contributed by atoms with Crippen molar-refractivity contribution in [3.05, 3.63) is 48.0 Å². The van der Waals surface area contributed by atoms with Gasteiger partial charge in [0.15, 0.2) is 0 Å². The Hall–Kier alpha value is -2.88. The molecule has 0 bridgehead atoms. The van der Waals surface area contributed by atoms with E-state index in [0.717, 1.165) is 55.0 Å². The van der Waals surface area contributed by atoms with Gasteiger partial charge in [0.05, 0.1) is 33.9 Å². The average Bonchev–Trinajstić information content (AvgIpc) is 3.49. The highest BCUT2D eigenvalue weighted by molar-refractivity contribution is 6.91. The number of nitrogens with zero attached hydrogens (tertiary/aromatic N) is 2. The normalized spacial score (nSPS) is 25.1. The highest BCUT2D eigenvalue weighted by atomic mass is 28.3. The summed E-state index contributed by atoms with van der Waals surface area (Å²) in [5, 5.41) is 11.2. The summed E-state index contributed by atoms with van der Waals surface area (Å²) in [6.45, 7) is 8.20. The molecule has 2 saturated heterocycles. The SMILES string of the molecule is COc1ccc([Si](C)(C)C(CC(=O)N2CCC[C@H]2CO)[C@H]2Oc3ccc(N4CCCCC4=O)cc3[C@@H](OC)[C@@H]2C)cc1. The summed E-state index contributed by atoms with van der Waals surface area (Å²) in [5.74, 6) is 1.76. The lowest BCUT2D eigenvalue weighted by atomic mass is 9.86. The van der Waals surface area contributed by atoms with Crippen LogP contribution < -0.4 is 19.6 Å². The van der Waals surface area contributed by atoms with Gasteiger partial charge in [0.25, 0.3) is 0 Å². The van der Waals surface area contributed by atoms with Gasteiger partial charge in [0.1, 0.15) is 17.6 Å². The number of hydrogen-bond acceptors (Lipinski definition) is 6. The molecule has 2 amide bonds. The quantitative estimate of drug-likeness (QED) is 0.425. The van der Waals surface area contributed by atoms with Gasteiger partial charge < -0.3 is 29.1 Å². The van der Waals surface area contributed by atoms with Gasteiger partial charge in [-0.2, -0.15) is 0 Å². The fourth-order valence-electron chi connectivity index (χ4n) is 7.29. The Morgan fingerprint density at radius 1 is 1.10 bits per heavy atom. The minimum atomic E-state index is -2.33. The van der Waals surface area contributed by atoms with Crippen molar-refractivity contribution in [1.29, 1.82) is 0 Å². The molecule has 0 aromatic heterocycles. The molecular weight excluding hydrogens is 548 g/mol. The van der Waals surface area contributed by atoms with Crippen molar-refractivity contribution in [3.8, 4) is 11.5 Å². The lowest BCUT2D eigenvalue weighted by Crippen LogP contribution is -2.55. The van der Waals surface area contributed by atoms with Crippen molar-refractivity contribution >= 4 is 30.8 Å². The van der Waals surface area contributed by atoms with E-state index in [0.29, 0.717) is 19.4 Å². The van der Waals surface area contributed by atoms with Crippen LogP contribution in [-0.2, 0) is 14.3 Å². The molecule has 9 heteroatoms.